The van der Waals surface area contributed by atoms with E-state index in [1.807, 2.05) is 55.5 Å². The fraction of sp³-hybridized carbons (Fsp3) is 0.0455. The third-order valence-corrected chi connectivity index (χ3v) is 4.38. The van der Waals surface area contributed by atoms with E-state index in [4.69, 9.17) is 0 Å². The number of aromatic nitrogens is 2. The quantitative estimate of drug-likeness (QED) is 0.223. The van der Waals surface area contributed by atoms with Crippen LogP contribution >= 0.6 is 0 Å². The maximum absolute atomic E-state index is 10.8. The van der Waals surface area contributed by atoms with Gasteiger partial charge in [0.05, 0.1) is 27.9 Å². The van der Waals surface area contributed by atoms with Gasteiger partial charge in [0.1, 0.15) is 0 Å². The Morgan fingerprint density at radius 2 is 1.80 bits per heavy atom. The van der Waals surface area contributed by atoms with Crippen molar-refractivity contribution in [2.24, 2.45) is 10.1 Å². The van der Waals surface area contributed by atoms with Crippen LogP contribution in [0.5, 0.6) is 0 Å². The van der Waals surface area contributed by atoms with E-state index < -0.39 is 4.92 Å². The molecule has 8 nitrogen and oxygen atoms in total. The first-order valence-corrected chi connectivity index (χ1v) is 9.22. The highest BCUT2D eigenvalue weighted by Crippen LogP contribution is 2.16. The molecular weight excluding hydrogens is 380 g/mol. The number of aliphatic imine (C=N–C) groups is 1. The SMILES string of the molecule is Cc1ccc(N=C(N/N=C/c2ccc([N+](=O)[O-])cc2)c2nc3ccccc3[nH]2)cc1. The highest BCUT2D eigenvalue weighted by atomic mass is 16.6. The number of aromatic amines is 1. The predicted molar refractivity (Wildman–Crippen MR) is 117 cm³/mol. The van der Waals surface area contributed by atoms with E-state index in [1.165, 1.54) is 12.1 Å². The average Bonchev–Trinajstić information content (AvgIpc) is 3.19. The van der Waals surface area contributed by atoms with E-state index in [-0.39, 0.29) is 5.69 Å². The molecule has 0 spiro atoms. The molecule has 148 valence electrons. The number of nitro benzene ring substituents is 1. The van der Waals surface area contributed by atoms with Crippen molar-refractivity contribution < 1.29 is 4.92 Å². The maximum Gasteiger partial charge on any atom is 0.269 e. The van der Waals surface area contributed by atoms with Gasteiger partial charge >= 0.3 is 0 Å². The van der Waals surface area contributed by atoms with Crippen LogP contribution in [-0.4, -0.2) is 26.9 Å². The third-order valence-electron chi connectivity index (χ3n) is 4.38. The summed E-state index contributed by atoms with van der Waals surface area (Å²) in [6, 6.07) is 21.6. The Hall–Kier alpha value is -4.33. The summed E-state index contributed by atoms with van der Waals surface area (Å²) in [5.41, 5.74) is 7.30. The Kier molecular flexibility index (Phi) is 5.29. The molecule has 0 aliphatic carbocycles. The molecule has 0 amide bonds. The van der Waals surface area contributed by atoms with Gasteiger partial charge in [0, 0.05) is 12.1 Å². The molecule has 0 atom stereocenters. The molecule has 0 saturated heterocycles. The second-order valence-electron chi connectivity index (χ2n) is 6.62. The molecule has 1 aromatic heterocycles. The van der Waals surface area contributed by atoms with Crippen LogP contribution in [-0.2, 0) is 0 Å². The minimum atomic E-state index is -0.437. The first kappa shape index (κ1) is 19.0. The minimum absolute atomic E-state index is 0.0315. The van der Waals surface area contributed by atoms with Gasteiger partial charge in [0.25, 0.3) is 5.69 Å². The molecular formula is C22H18N6O2. The van der Waals surface area contributed by atoms with Crippen molar-refractivity contribution in [3.63, 3.8) is 0 Å². The van der Waals surface area contributed by atoms with Gasteiger partial charge in [-0.25, -0.2) is 9.98 Å². The summed E-state index contributed by atoms with van der Waals surface area (Å²) in [4.78, 5) is 22.8. The molecule has 0 radical (unpaired) electrons. The fourth-order valence-corrected chi connectivity index (χ4v) is 2.79. The Morgan fingerprint density at radius 3 is 2.50 bits per heavy atom. The lowest BCUT2D eigenvalue weighted by atomic mass is 10.2. The molecule has 4 rings (SSSR count). The zero-order valence-electron chi connectivity index (χ0n) is 16.1. The lowest BCUT2D eigenvalue weighted by molar-refractivity contribution is -0.384. The number of fused-ring (bicyclic) bond motifs is 1. The van der Waals surface area contributed by atoms with Crippen molar-refractivity contribution in [2.45, 2.75) is 6.92 Å². The summed E-state index contributed by atoms with van der Waals surface area (Å²) in [6.07, 6.45) is 1.57. The number of amidine groups is 1. The van der Waals surface area contributed by atoms with Gasteiger partial charge in [-0.2, -0.15) is 5.10 Å². The number of hydrogen-bond acceptors (Lipinski definition) is 5. The van der Waals surface area contributed by atoms with Gasteiger partial charge in [0.15, 0.2) is 11.7 Å². The summed E-state index contributed by atoms with van der Waals surface area (Å²) < 4.78 is 0. The Morgan fingerprint density at radius 1 is 1.07 bits per heavy atom. The van der Waals surface area contributed by atoms with Crippen LogP contribution in [0.2, 0.25) is 0 Å². The number of benzene rings is 3. The number of H-pyrrole nitrogens is 1. The number of aryl methyl sites for hydroxylation is 1. The Labute approximate surface area is 172 Å². The summed E-state index contributed by atoms with van der Waals surface area (Å²) in [7, 11) is 0. The van der Waals surface area contributed by atoms with E-state index in [0.717, 1.165) is 22.3 Å². The molecule has 8 heteroatoms. The zero-order chi connectivity index (χ0) is 20.9. The van der Waals surface area contributed by atoms with Crippen LogP contribution < -0.4 is 5.43 Å². The second-order valence-corrected chi connectivity index (χ2v) is 6.62. The number of nitrogens with zero attached hydrogens (tertiary/aromatic N) is 4. The van der Waals surface area contributed by atoms with Crippen LogP contribution in [0, 0.1) is 17.0 Å². The van der Waals surface area contributed by atoms with Crippen molar-refractivity contribution in [1.82, 2.24) is 15.4 Å². The Balaban J connectivity index is 1.62. The molecule has 30 heavy (non-hydrogen) atoms. The lowest BCUT2D eigenvalue weighted by Crippen LogP contribution is -2.20. The van der Waals surface area contributed by atoms with Crippen LogP contribution in [0.15, 0.2) is 82.9 Å². The van der Waals surface area contributed by atoms with Gasteiger partial charge in [-0.15, -0.1) is 0 Å². The Bertz CT molecular complexity index is 1210. The second kappa shape index (κ2) is 8.36. The zero-order valence-corrected chi connectivity index (χ0v) is 16.1. The van der Waals surface area contributed by atoms with Crippen LogP contribution in [0.25, 0.3) is 11.0 Å². The van der Waals surface area contributed by atoms with Crippen molar-refractivity contribution in [3.05, 3.63) is 99.9 Å². The number of hydrogen-bond donors (Lipinski definition) is 2. The van der Waals surface area contributed by atoms with Gasteiger partial charge < -0.3 is 4.98 Å². The smallest absolute Gasteiger partial charge is 0.269 e. The normalized spacial score (nSPS) is 11.8. The molecule has 0 bridgehead atoms. The summed E-state index contributed by atoms with van der Waals surface area (Å²) in [5.74, 6) is 1.01. The number of non-ortho nitro benzene ring substituents is 1. The minimum Gasteiger partial charge on any atom is -0.335 e. The molecule has 2 N–H and O–H groups in total. The number of rotatable bonds is 5. The standard InChI is InChI=1S/C22H18N6O2/c1-15-6-10-17(11-7-15)24-22(21-25-19-4-2-3-5-20(19)26-21)27-23-14-16-8-12-18(13-9-16)28(29)30/h2-14H,1H3,(H,24,27)(H,25,26)/b23-14+. The van der Waals surface area contributed by atoms with E-state index in [9.17, 15) is 10.1 Å². The molecule has 0 unspecified atom stereocenters. The van der Waals surface area contributed by atoms with E-state index in [0.29, 0.717) is 17.2 Å². The van der Waals surface area contributed by atoms with Gasteiger partial charge in [-0.05, 0) is 48.9 Å². The lowest BCUT2D eigenvalue weighted by Gasteiger charge is -2.03. The largest absolute Gasteiger partial charge is 0.335 e. The summed E-state index contributed by atoms with van der Waals surface area (Å²) in [6.45, 7) is 2.01. The fourth-order valence-electron chi connectivity index (χ4n) is 2.79. The third kappa shape index (κ3) is 4.39. The van der Waals surface area contributed by atoms with Crippen molar-refractivity contribution in [2.75, 3.05) is 0 Å². The summed E-state index contributed by atoms with van der Waals surface area (Å²) >= 11 is 0. The predicted octanol–water partition coefficient (Wildman–Crippen LogP) is 4.48. The molecule has 4 aromatic rings. The molecule has 1 heterocycles. The highest BCUT2D eigenvalue weighted by molar-refractivity contribution is 6.00. The van der Waals surface area contributed by atoms with Crippen molar-refractivity contribution in [1.29, 1.82) is 0 Å². The molecule has 0 aliphatic rings. The topological polar surface area (TPSA) is 109 Å². The number of imidazole rings is 1. The number of para-hydroxylation sites is 2. The summed E-state index contributed by atoms with van der Waals surface area (Å²) in [5, 5.41) is 15.0. The van der Waals surface area contributed by atoms with E-state index >= 15 is 0 Å². The van der Waals surface area contributed by atoms with Crippen molar-refractivity contribution >= 4 is 34.5 Å². The van der Waals surface area contributed by atoms with E-state index in [2.05, 4.69) is 25.5 Å². The monoisotopic (exact) mass is 398 g/mol. The van der Waals surface area contributed by atoms with Gasteiger partial charge in [0.2, 0.25) is 0 Å². The van der Waals surface area contributed by atoms with Crippen molar-refractivity contribution in [3.8, 4) is 0 Å². The van der Waals surface area contributed by atoms with Gasteiger partial charge in [-0.1, -0.05) is 29.8 Å². The van der Waals surface area contributed by atoms with Crippen LogP contribution in [0.1, 0.15) is 17.0 Å². The first-order chi connectivity index (χ1) is 14.6. The number of hydrazone groups is 1. The molecule has 0 fully saturated rings. The first-order valence-electron chi connectivity index (χ1n) is 9.22. The average molecular weight is 398 g/mol. The highest BCUT2D eigenvalue weighted by Gasteiger charge is 2.10. The van der Waals surface area contributed by atoms with Crippen LogP contribution in [0.4, 0.5) is 11.4 Å². The van der Waals surface area contributed by atoms with E-state index in [1.54, 1.807) is 18.3 Å². The molecule has 3 aromatic carbocycles. The number of nitro groups is 1. The number of nitrogens with one attached hydrogen (secondary N) is 2. The maximum atomic E-state index is 10.8. The van der Waals surface area contributed by atoms with Crippen LogP contribution in [0.3, 0.4) is 0 Å². The molecule has 0 saturated carbocycles. The van der Waals surface area contributed by atoms with Gasteiger partial charge in [-0.3, -0.25) is 15.5 Å². The molecule has 0 aliphatic heterocycles.